The number of hydrogen-bond acceptors (Lipinski definition) is 9. The summed E-state index contributed by atoms with van der Waals surface area (Å²) in [6.07, 6.45) is -0.288. The highest BCUT2D eigenvalue weighted by atomic mass is 31.2. The van der Waals surface area contributed by atoms with E-state index in [-0.39, 0.29) is 12.4 Å². The average Bonchev–Trinajstić information content (AvgIpc) is 3.33. The van der Waals surface area contributed by atoms with Gasteiger partial charge in [-0.25, -0.2) is 9.97 Å². The van der Waals surface area contributed by atoms with Gasteiger partial charge < -0.3 is 39.1 Å². The van der Waals surface area contributed by atoms with E-state index in [4.69, 9.17) is 19.4 Å². The minimum Gasteiger partial charge on any atom is -0.464 e. The Hall–Kier alpha value is -2.27. The third kappa shape index (κ3) is 3.32. The molecule has 0 saturated carbocycles. The molecule has 3 aromatic rings. The third-order valence-corrected chi connectivity index (χ3v) is 5.14. The molecule has 4 heterocycles. The molecular weight excluding hydrogens is 391 g/mol. The lowest BCUT2D eigenvalue weighted by Gasteiger charge is -2.17. The first-order valence-electron chi connectivity index (χ1n) is 8.37. The molecule has 150 valence electrons. The molecule has 4 rings (SSSR count). The molecule has 0 aromatic carbocycles. The second-order valence-electron chi connectivity index (χ2n) is 6.53. The van der Waals surface area contributed by atoms with Crippen molar-refractivity contribution in [3.63, 3.8) is 0 Å². The number of ether oxygens (including phenoxy) is 1. The van der Waals surface area contributed by atoms with Gasteiger partial charge in [-0.1, -0.05) is 0 Å². The standard InChI is InChI=1S/C16H19N4O7P/c1-28(23,24)26-6-10-12(21)13(22)16(27-10)20-5-8(9-3-2-4-25-9)11-14(17)18-7-19-15(11)20/h2-5,7,10,12-13,16,21-22H,6H2,1H3,(H,23,24)(H2,17,18,19). The van der Waals surface area contributed by atoms with E-state index in [1.165, 1.54) is 17.2 Å². The summed E-state index contributed by atoms with van der Waals surface area (Å²) in [5, 5.41) is 21.3. The van der Waals surface area contributed by atoms with Gasteiger partial charge in [-0.05, 0) is 12.1 Å². The summed E-state index contributed by atoms with van der Waals surface area (Å²) >= 11 is 0. The van der Waals surface area contributed by atoms with Crippen molar-refractivity contribution in [1.82, 2.24) is 14.5 Å². The number of nitrogens with zero attached hydrogens (tertiary/aromatic N) is 3. The number of hydrogen-bond donors (Lipinski definition) is 4. The summed E-state index contributed by atoms with van der Waals surface area (Å²) in [6.45, 7) is 0.664. The summed E-state index contributed by atoms with van der Waals surface area (Å²) in [6, 6.07) is 3.46. The van der Waals surface area contributed by atoms with Gasteiger partial charge >= 0.3 is 7.60 Å². The predicted octanol–water partition coefficient (Wildman–Crippen LogP) is 0.724. The molecule has 5 unspecified atom stereocenters. The highest BCUT2D eigenvalue weighted by molar-refractivity contribution is 7.51. The fourth-order valence-corrected chi connectivity index (χ4v) is 3.65. The lowest BCUT2D eigenvalue weighted by molar-refractivity contribution is -0.0480. The number of fused-ring (bicyclic) bond motifs is 1. The lowest BCUT2D eigenvalue weighted by Crippen LogP contribution is -2.33. The molecule has 1 saturated heterocycles. The lowest BCUT2D eigenvalue weighted by atomic mass is 10.1. The van der Waals surface area contributed by atoms with Gasteiger partial charge in [-0.3, -0.25) is 4.57 Å². The molecule has 1 fully saturated rings. The van der Waals surface area contributed by atoms with E-state index in [1.807, 2.05) is 0 Å². The van der Waals surface area contributed by atoms with E-state index >= 15 is 0 Å². The number of nitrogens with two attached hydrogens (primary N) is 1. The monoisotopic (exact) mass is 410 g/mol. The zero-order chi connectivity index (χ0) is 20.1. The second-order valence-corrected chi connectivity index (χ2v) is 8.39. The molecule has 28 heavy (non-hydrogen) atoms. The van der Waals surface area contributed by atoms with Crippen LogP contribution in [0, 0.1) is 0 Å². The first kappa shape index (κ1) is 19.1. The van der Waals surface area contributed by atoms with Crippen molar-refractivity contribution in [3.05, 3.63) is 30.9 Å². The van der Waals surface area contributed by atoms with Crippen LogP contribution in [0.5, 0.6) is 0 Å². The Bertz CT molecular complexity index is 1030. The molecule has 0 bridgehead atoms. The molecule has 5 N–H and O–H groups in total. The van der Waals surface area contributed by atoms with Crippen LogP contribution in [-0.2, 0) is 13.8 Å². The summed E-state index contributed by atoms with van der Waals surface area (Å²) in [5.74, 6) is 0.737. The van der Waals surface area contributed by atoms with Crippen molar-refractivity contribution in [2.24, 2.45) is 0 Å². The Kier molecular flexibility index (Phi) is 4.74. The summed E-state index contributed by atoms with van der Waals surface area (Å²) in [5.41, 5.74) is 6.99. The fraction of sp³-hybridized carbons (Fsp3) is 0.375. The van der Waals surface area contributed by atoms with Crippen LogP contribution < -0.4 is 5.73 Å². The minimum atomic E-state index is -3.76. The fourth-order valence-electron chi connectivity index (χ4n) is 3.23. The Morgan fingerprint density at radius 3 is 2.82 bits per heavy atom. The molecule has 0 amide bonds. The quantitative estimate of drug-likeness (QED) is 0.440. The van der Waals surface area contributed by atoms with Crippen LogP contribution in [-0.4, -0.2) is 61.2 Å². The molecular formula is C16H19N4O7P. The van der Waals surface area contributed by atoms with Crippen molar-refractivity contribution < 1.29 is 33.3 Å². The van der Waals surface area contributed by atoms with Crippen LogP contribution in [0.25, 0.3) is 22.4 Å². The van der Waals surface area contributed by atoms with E-state index in [2.05, 4.69) is 9.97 Å². The SMILES string of the molecule is CP(=O)(O)OCC1OC(n2cc(-c3ccco3)c3c(N)ncnc32)C(O)C1O. The number of nitrogen functional groups attached to an aromatic ring is 1. The van der Waals surface area contributed by atoms with Crippen molar-refractivity contribution in [2.45, 2.75) is 24.5 Å². The van der Waals surface area contributed by atoms with Gasteiger partial charge in [0.2, 0.25) is 0 Å². The number of aliphatic hydroxyl groups is 2. The maximum absolute atomic E-state index is 11.3. The van der Waals surface area contributed by atoms with Crippen molar-refractivity contribution in [2.75, 3.05) is 19.0 Å². The zero-order valence-electron chi connectivity index (χ0n) is 14.7. The van der Waals surface area contributed by atoms with Crippen molar-refractivity contribution >= 4 is 24.4 Å². The summed E-state index contributed by atoms with van der Waals surface area (Å²) < 4.78 is 28.9. The molecule has 3 aromatic heterocycles. The average molecular weight is 410 g/mol. The van der Waals surface area contributed by atoms with Crippen LogP contribution in [0.4, 0.5) is 5.82 Å². The van der Waals surface area contributed by atoms with Crippen molar-refractivity contribution in [3.8, 4) is 11.3 Å². The zero-order valence-corrected chi connectivity index (χ0v) is 15.6. The highest BCUT2D eigenvalue weighted by Gasteiger charge is 2.45. The van der Waals surface area contributed by atoms with Crippen LogP contribution in [0.1, 0.15) is 6.23 Å². The number of anilines is 1. The predicted molar refractivity (Wildman–Crippen MR) is 97.3 cm³/mol. The second kappa shape index (κ2) is 6.96. The molecule has 5 atom stereocenters. The number of furan rings is 1. The van der Waals surface area contributed by atoms with Gasteiger partial charge in [-0.15, -0.1) is 0 Å². The Morgan fingerprint density at radius 2 is 2.14 bits per heavy atom. The largest absolute Gasteiger partial charge is 0.464 e. The third-order valence-electron chi connectivity index (χ3n) is 4.52. The number of aliphatic hydroxyl groups excluding tert-OH is 2. The molecule has 1 aliphatic rings. The van der Waals surface area contributed by atoms with Gasteiger partial charge in [0, 0.05) is 18.4 Å². The van der Waals surface area contributed by atoms with E-state index in [1.54, 1.807) is 18.3 Å². The molecule has 0 radical (unpaired) electrons. The van der Waals surface area contributed by atoms with Crippen LogP contribution in [0.3, 0.4) is 0 Å². The molecule has 0 aliphatic carbocycles. The summed E-state index contributed by atoms with van der Waals surface area (Å²) in [7, 11) is -3.76. The van der Waals surface area contributed by atoms with E-state index in [9.17, 15) is 19.7 Å². The van der Waals surface area contributed by atoms with Gasteiger partial charge in [-0.2, -0.15) is 0 Å². The van der Waals surface area contributed by atoms with E-state index < -0.39 is 32.1 Å². The molecule has 11 nitrogen and oxygen atoms in total. The number of aromatic nitrogens is 3. The van der Waals surface area contributed by atoms with E-state index in [0.29, 0.717) is 22.4 Å². The van der Waals surface area contributed by atoms with Gasteiger partial charge in [0.05, 0.1) is 18.3 Å². The van der Waals surface area contributed by atoms with Gasteiger partial charge in [0.15, 0.2) is 6.23 Å². The smallest absolute Gasteiger partial charge is 0.325 e. The van der Waals surface area contributed by atoms with Crippen molar-refractivity contribution in [1.29, 1.82) is 0 Å². The first-order valence-corrected chi connectivity index (χ1v) is 10.4. The Morgan fingerprint density at radius 1 is 1.36 bits per heavy atom. The maximum atomic E-state index is 11.3. The van der Waals surface area contributed by atoms with Crippen LogP contribution >= 0.6 is 7.60 Å². The first-order chi connectivity index (χ1) is 13.3. The Balaban J connectivity index is 1.73. The molecule has 0 spiro atoms. The molecule has 1 aliphatic heterocycles. The maximum Gasteiger partial charge on any atom is 0.325 e. The Labute approximate surface area is 158 Å². The van der Waals surface area contributed by atoms with Gasteiger partial charge in [0.1, 0.15) is 41.9 Å². The van der Waals surface area contributed by atoms with Crippen LogP contribution in [0.15, 0.2) is 35.3 Å². The highest BCUT2D eigenvalue weighted by Crippen LogP contribution is 2.41. The minimum absolute atomic E-state index is 0.218. The van der Waals surface area contributed by atoms with Crippen LogP contribution in [0.2, 0.25) is 0 Å². The van der Waals surface area contributed by atoms with E-state index in [0.717, 1.165) is 6.66 Å². The normalized spacial score (nSPS) is 27.3. The molecule has 12 heteroatoms. The number of rotatable bonds is 5. The summed E-state index contributed by atoms with van der Waals surface area (Å²) in [4.78, 5) is 17.5. The van der Waals surface area contributed by atoms with Gasteiger partial charge in [0.25, 0.3) is 0 Å². The topological polar surface area (TPSA) is 166 Å².